The largest absolute Gasteiger partial charge is 0.481 e. The van der Waals surface area contributed by atoms with Crippen LogP contribution in [0.2, 0.25) is 0 Å². The molecule has 0 aliphatic carbocycles. The Morgan fingerprint density at radius 3 is 3.09 bits per heavy atom. The first-order valence-corrected chi connectivity index (χ1v) is 4.00. The molecule has 0 aliphatic rings. The van der Waals surface area contributed by atoms with Crippen molar-refractivity contribution >= 4 is 17.7 Å². The van der Waals surface area contributed by atoms with Crippen molar-refractivity contribution in [2.75, 3.05) is 0 Å². The van der Waals surface area contributed by atoms with Crippen molar-refractivity contribution in [3.05, 3.63) is 11.9 Å². The van der Waals surface area contributed by atoms with Crippen LogP contribution in [0.3, 0.4) is 0 Å². The van der Waals surface area contributed by atoms with Crippen molar-refractivity contribution in [3.63, 3.8) is 0 Å². The summed E-state index contributed by atoms with van der Waals surface area (Å²) in [5.41, 5.74) is 0.885. The third-order valence-corrected chi connectivity index (χ3v) is 1.75. The molecule has 0 saturated heterocycles. The van der Waals surface area contributed by atoms with Gasteiger partial charge in [-0.15, -0.1) is 0 Å². The number of hydrogen-bond donors (Lipinski definition) is 1. The molecule has 1 aromatic rings. The highest BCUT2D eigenvalue weighted by Gasteiger charge is 1.99. The van der Waals surface area contributed by atoms with Gasteiger partial charge in [0.2, 0.25) is 0 Å². The van der Waals surface area contributed by atoms with E-state index in [1.807, 2.05) is 0 Å². The van der Waals surface area contributed by atoms with Crippen LogP contribution >= 0.6 is 11.7 Å². The average Bonchev–Trinajstić information content (AvgIpc) is 2.39. The van der Waals surface area contributed by atoms with Gasteiger partial charge in [0.25, 0.3) is 0 Å². The zero-order chi connectivity index (χ0) is 8.10. The maximum absolute atomic E-state index is 10.1. The molecule has 0 aliphatic heterocycles. The van der Waals surface area contributed by atoms with Gasteiger partial charge in [-0.05, 0) is 12.8 Å². The van der Waals surface area contributed by atoms with Crippen LogP contribution in [0.4, 0.5) is 0 Å². The summed E-state index contributed by atoms with van der Waals surface area (Å²) >= 11 is 1.15. The molecule has 1 N–H and O–H groups in total. The summed E-state index contributed by atoms with van der Waals surface area (Å²) in [6, 6.07) is 0. The maximum Gasteiger partial charge on any atom is 0.303 e. The topological polar surface area (TPSA) is 63.1 Å². The Morgan fingerprint density at radius 2 is 2.55 bits per heavy atom. The number of aryl methyl sites for hydroxylation is 1. The first-order valence-electron chi connectivity index (χ1n) is 3.27. The fourth-order valence-corrected chi connectivity index (χ4v) is 1.17. The number of rotatable bonds is 4. The quantitative estimate of drug-likeness (QED) is 0.734. The molecule has 1 rings (SSSR count). The first-order chi connectivity index (χ1) is 5.29. The molecule has 4 nitrogen and oxygen atoms in total. The molecule has 5 heteroatoms. The fourth-order valence-electron chi connectivity index (χ4n) is 0.715. The number of carboxylic acid groups (broad SMARTS) is 1. The molecule has 0 atom stereocenters. The van der Waals surface area contributed by atoms with E-state index >= 15 is 0 Å². The summed E-state index contributed by atoms with van der Waals surface area (Å²) in [4.78, 5) is 10.1. The van der Waals surface area contributed by atoms with Crippen LogP contribution in [0.15, 0.2) is 6.20 Å². The van der Waals surface area contributed by atoms with Crippen LogP contribution in [0.1, 0.15) is 18.5 Å². The van der Waals surface area contributed by atoms with Crippen molar-refractivity contribution in [2.24, 2.45) is 0 Å². The number of hydrogen-bond acceptors (Lipinski definition) is 4. The molecule has 1 aromatic heterocycles. The van der Waals surface area contributed by atoms with Crippen LogP contribution in [-0.2, 0) is 11.2 Å². The normalized spacial score (nSPS) is 9.82. The minimum absolute atomic E-state index is 0.206. The highest BCUT2D eigenvalue weighted by molar-refractivity contribution is 6.99. The number of aromatic nitrogens is 2. The Morgan fingerprint density at radius 1 is 1.73 bits per heavy atom. The molecule has 0 unspecified atom stereocenters. The van der Waals surface area contributed by atoms with Crippen molar-refractivity contribution < 1.29 is 9.90 Å². The molecular formula is C6H8N2O2S. The monoisotopic (exact) mass is 172 g/mol. The molecular weight excluding hydrogens is 164 g/mol. The van der Waals surface area contributed by atoms with E-state index in [0.29, 0.717) is 12.8 Å². The Hall–Kier alpha value is -0.970. The summed E-state index contributed by atoms with van der Waals surface area (Å²) in [5.74, 6) is -0.756. The number of aliphatic carboxylic acids is 1. The van der Waals surface area contributed by atoms with E-state index in [2.05, 4.69) is 8.75 Å². The third-order valence-electron chi connectivity index (χ3n) is 1.23. The minimum atomic E-state index is -0.756. The lowest BCUT2D eigenvalue weighted by atomic mass is 10.2. The van der Waals surface area contributed by atoms with Crippen LogP contribution in [0.25, 0.3) is 0 Å². The molecule has 0 radical (unpaired) electrons. The van der Waals surface area contributed by atoms with E-state index in [1.165, 1.54) is 0 Å². The standard InChI is InChI=1S/C6H8N2O2S/c9-6(10)3-1-2-5-4-7-11-8-5/h4H,1-3H2,(H,9,10). The summed E-state index contributed by atoms with van der Waals surface area (Å²) < 4.78 is 7.75. The average molecular weight is 172 g/mol. The lowest BCUT2D eigenvalue weighted by molar-refractivity contribution is -0.137. The second-order valence-corrected chi connectivity index (χ2v) is 2.70. The Balaban J connectivity index is 2.19. The summed E-state index contributed by atoms with van der Waals surface area (Å²) in [7, 11) is 0. The van der Waals surface area contributed by atoms with Crippen molar-refractivity contribution in [1.29, 1.82) is 0 Å². The van der Waals surface area contributed by atoms with E-state index in [4.69, 9.17) is 5.11 Å². The minimum Gasteiger partial charge on any atom is -0.481 e. The second-order valence-electron chi connectivity index (χ2n) is 2.15. The van der Waals surface area contributed by atoms with Gasteiger partial charge in [-0.2, -0.15) is 8.75 Å². The van der Waals surface area contributed by atoms with Crippen molar-refractivity contribution in [3.8, 4) is 0 Å². The van der Waals surface area contributed by atoms with Gasteiger partial charge in [0.05, 0.1) is 23.6 Å². The SMILES string of the molecule is O=C(O)CCCc1cnsn1. The predicted molar refractivity (Wildman–Crippen MR) is 40.5 cm³/mol. The molecule has 11 heavy (non-hydrogen) atoms. The molecule has 60 valence electrons. The van der Waals surface area contributed by atoms with Crippen molar-refractivity contribution in [1.82, 2.24) is 8.75 Å². The van der Waals surface area contributed by atoms with Gasteiger partial charge >= 0.3 is 5.97 Å². The van der Waals surface area contributed by atoms with E-state index < -0.39 is 5.97 Å². The van der Waals surface area contributed by atoms with E-state index in [0.717, 1.165) is 17.4 Å². The van der Waals surface area contributed by atoms with Gasteiger partial charge in [-0.1, -0.05) is 0 Å². The Kier molecular flexibility index (Phi) is 2.97. The molecule has 0 spiro atoms. The molecule has 0 bridgehead atoms. The number of carbonyl (C=O) groups is 1. The second kappa shape index (κ2) is 4.02. The van der Waals surface area contributed by atoms with Gasteiger partial charge in [0, 0.05) is 6.42 Å². The van der Waals surface area contributed by atoms with Crippen LogP contribution in [-0.4, -0.2) is 19.8 Å². The summed E-state index contributed by atoms with van der Waals surface area (Å²) in [6.07, 6.45) is 3.23. The molecule has 0 amide bonds. The van der Waals surface area contributed by atoms with Crippen molar-refractivity contribution in [2.45, 2.75) is 19.3 Å². The highest BCUT2D eigenvalue weighted by Crippen LogP contribution is 2.01. The lowest BCUT2D eigenvalue weighted by Crippen LogP contribution is -1.95. The summed E-state index contributed by atoms with van der Waals surface area (Å²) in [5, 5.41) is 8.31. The van der Waals surface area contributed by atoms with Crippen LogP contribution < -0.4 is 0 Å². The molecule has 0 fully saturated rings. The van der Waals surface area contributed by atoms with Crippen LogP contribution in [0.5, 0.6) is 0 Å². The lowest BCUT2D eigenvalue weighted by Gasteiger charge is -1.90. The van der Waals surface area contributed by atoms with E-state index in [-0.39, 0.29) is 6.42 Å². The van der Waals surface area contributed by atoms with Gasteiger partial charge < -0.3 is 5.11 Å². The van der Waals surface area contributed by atoms with Gasteiger partial charge in [0.1, 0.15) is 0 Å². The Bertz CT molecular complexity index is 222. The maximum atomic E-state index is 10.1. The molecule has 1 heterocycles. The zero-order valence-electron chi connectivity index (χ0n) is 5.86. The number of carboxylic acids is 1. The van der Waals surface area contributed by atoms with E-state index in [1.54, 1.807) is 6.20 Å². The number of nitrogens with zero attached hydrogens (tertiary/aromatic N) is 2. The first kappa shape index (κ1) is 8.13. The summed E-state index contributed by atoms with van der Waals surface area (Å²) in [6.45, 7) is 0. The predicted octanol–water partition coefficient (Wildman–Crippen LogP) is 0.945. The molecule has 0 aromatic carbocycles. The zero-order valence-corrected chi connectivity index (χ0v) is 6.67. The highest BCUT2D eigenvalue weighted by atomic mass is 32.1. The van der Waals surface area contributed by atoms with Gasteiger partial charge in [-0.25, -0.2) is 0 Å². The fraction of sp³-hybridized carbons (Fsp3) is 0.500. The van der Waals surface area contributed by atoms with E-state index in [9.17, 15) is 4.79 Å². The van der Waals surface area contributed by atoms with Gasteiger partial charge in [0.15, 0.2) is 0 Å². The van der Waals surface area contributed by atoms with Gasteiger partial charge in [-0.3, -0.25) is 4.79 Å². The Labute approximate surface area is 68.2 Å². The van der Waals surface area contributed by atoms with Crippen LogP contribution in [0, 0.1) is 0 Å². The smallest absolute Gasteiger partial charge is 0.303 e. The third kappa shape index (κ3) is 3.08. The molecule has 0 saturated carbocycles.